The lowest BCUT2D eigenvalue weighted by Gasteiger charge is -2.05. The Hall–Kier alpha value is -2.89. The number of ether oxygens (including phenoxy) is 2. The molecule has 0 aliphatic carbocycles. The molecular formula is C18H18N2O4. The Morgan fingerprint density at radius 1 is 1.17 bits per heavy atom. The highest BCUT2D eigenvalue weighted by molar-refractivity contribution is 5.94. The van der Waals surface area contributed by atoms with E-state index in [9.17, 15) is 4.79 Å². The highest BCUT2D eigenvalue weighted by Gasteiger charge is 2.19. The molecule has 0 amide bonds. The third kappa shape index (κ3) is 3.22. The number of carbonyl (C=O) groups excluding carboxylic acids is 1. The van der Waals surface area contributed by atoms with E-state index in [1.807, 2.05) is 31.2 Å². The number of rotatable bonds is 6. The first-order valence-corrected chi connectivity index (χ1v) is 7.84. The molecule has 0 saturated carbocycles. The molecule has 3 aromatic heterocycles. The molecule has 0 saturated heterocycles. The first kappa shape index (κ1) is 16.0. The summed E-state index contributed by atoms with van der Waals surface area (Å²) >= 11 is 0. The number of hydrogen-bond donors (Lipinski definition) is 0. The number of hydrogen-bond acceptors (Lipinski definition) is 6. The van der Waals surface area contributed by atoms with Crippen LogP contribution in [-0.4, -0.2) is 29.2 Å². The Morgan fingerprint density at radius 3 is 2.75 bits per heavy atom. The van der Waals surface area contributed by atoms with Crippen LogP contribution in [0.5, 0.6) is 5.95 Å². The van der Waals surface area contributed by atoms with Crippen LogP contribution in [0.3, 0.4) is 0 Å². The minimum atomic E-state index is -0.264. The third-order valence-corrected chi connectivity index (χ3v) is 3.44. The molecule has 6 nitrogen and oxygen atoms in total. The van der Waals surface area contributed by atoms with Crippen molar-refractivity contribution >= 4 is 17.1 Å². The summed E-state index contributed by atoms with van der Waals surface area (Å²) in [7, 11) is 0. The number of esters is 1. The zero-order valence-electron chi connectivity index (χ0n) is 13.6. The van der Waals surface area contributed by atoms with Gasteiger partial charge in [-0.2, -0.15) is 0 Å². The predicted octanol–water partition coefficient (Wildman–Crippen LogP) is 3.39. The number of furan rings is 1. The molecule has 3 heterocycles. The van der Waals surface area contributed by atoms with Crippen molar-refractivity contribution in [3.05, 3.63) is 42.2 Å². The standard InChI is InChI=1S/C18H18N2O4/c1-3-22-15(21)10-12-7-8-14(20-11-12)16-13-6-5-9-19-17(13)24-18(16)23-4-2/h5-9,11H,3-4,10H2,1-2H3. The van der Waals surface area contributed by atoms with Crippen molar-refractivity contribution in [2.75, 3.05) is 13.2 Å². The molecule has 0 atom stereocenters. The number of pyridine rings is 2. The van der Waals surface area contributed by atoms with E-state index in [-0.39, 0.29) is 12.4 Å². The van der Waals surface area contributed by atoms with Gasteiger partial charge in [0, 0.05) is 12.4 Å². The number of carbonyl (C=O) groups is 1. The topological polar surface area (TPSA) is 74.5 Å². The van der Waals surface area contributed by atoms with Crippen LogP contribution in [0, 0.1) is 0 Å². The number of nitrogens with zero attached hydrogens (tertiary/aromatic N) is 2. The fraction of sp³-hybridized carbons (Fsp3) is 0.278. The summed E-state index contributed by atoms with van der Waals surface area (Å²) in [6.07, 6.45) is 3.53. The third-order valence-electron chi connectivity index (χ3n) is 3.44. The smallest absolute Gasteiger partial charge is 0.310 e. The van der Waals surface area contributed by atoms with Crippen molar-refractivity contribution in [2.24, 2.45) is 0 Å². The second kappa shape index (κ2) is 7.12. The molecular weight excluding hydrogens is 308 g/mol. The van der Waals surface area contributed by atoms with Gasteiger partial charge < -0.3 is 13.9 Å². The lowest BCUT2D eigenvalue weighted by atomic mass is 10.1. The van der Waals surface area contributed by atoms with Crippen molar-refractivity contribution in [2.45, 2.75) is 20.3 Å². The number of fused-ring (bicyclic) bond motifs is 1. The van der Waals surface area contributed by atoms with E-state index < -0.39 is 0 Å². The molecule has 0 N–H and O–H groups in total. The molecule has 0 aliphatic rings. The molecule has 24 heavy (non-hydrogen) atoms. The van der Waals surface area contributed by atoms with Crippen molar-refractivity contribution < 1.29 is 18.7 Å². The van der Waals surface area contributed by atoms with Crippen LogP contribution in [0.25, 0.3) is 22.4 Å². The molecule has 3 rings (SSSR count). The molecule has 0 aliphatic heterocycles. The largest absolute Gasteiger partial charge is 0.466 e. The molecule has 0 aromatic carbocycles. The highest BCUT2D eigenvalue weighted by Crippen LogP contribution is 2.38. The van der Waals surface area contributed by atoms with Gasteiger partial charge in [-0.05, 0) is 37.6 Å². The maximum absolute atomic E-state index is 11.5. The summed E-state index contributed by atoms with van der Waals surface area (Å²) in [6.45, 7) is 4.52. The van der Waals surface area contributed by atoms with E-state index in [0.29, 0.717) is 30.6 Å². The van der Waals surface area contributed by atoms with E-state index in [1.54, 1.807) is 19.3 Å². The summed E-state index contributed by atoms with van der Waals surface area (Å²) in [5.41, 5.74) is 2.77. The summed E-state index contributed by atoms with van der Waals surface area (Å²) in [5.74, 6) is 0.136. The average Bonchev–Trinajstić information content (AvgIpc) is 2.94. The molecule has 0 fully saturated rings. The van der Waals surface area contributed by atoms with E-state index >= 15 is 0 Å². The van der Waals surface area contributed by atoms with Crippen LogP contribution >= 0.6 is 0 Å². The second-order valence-electron chi connectivity index (χ2n) is 5.09. The van der Waals surface area contributed by atoms with Gasteiger partial charge in [0.2, 0.25) is 5.71 Å². The Balaban J connectivity index is 1.95. The van der Waals surface area contributed by atoms with E-state index in [2.05, 4.69) is 9.97 Å². The molecule has 6 heteroatoms. The minimum Gasteiger partial charge on any atom is -0.466 e. The highest BCUT2D eigenvalue weighted by atomic mass is 16.6. The monoisotopic (exact) mass is 326 g/mol. The zero-order chi connectivity index (χ0) is 16.9. The normalized spacial score (nSPS) is 10.8. The van der Waals surface area contributed by atoms with Gasteiger partial charge >= 0.3 is 5.97 Å². The van der Waals surface area contributed by atoms with E-state index in [1.165, 1.54) is 0 Å². The molecule has 0 unspecified atom stereocenters. The number of aromatic nitrogens is 2. The Morgan fingerprint density at radius 2 is 2.04 bits per heavy atom. The molecule has 0 radical (unpaired) electrons. The molecule has 0 spiro atoms. The van der Waals surface area contributed by atoms with Gasteiger partial charge in [-0.15, -0.1) is 0 Å². The molecule has 124 valence electrons. The van der Waals surface area contributed by atoms with Crippen molar-refractivity contribution in [1.82, 2.24) is 9.97 Å². The summed E-state index contributed by atoms with van der Waals surface area (Å²) in [5, 5.41) is 0.839. The average molecular weight is 326 g/mol. The van der Waals surface area contributed by atoms with Crippen LogP contribution in [-0.2, 0) is 16.0 Å². The van der Waals surface area contributed by atoms with Gasteiger partial charge in [-0.1, -0.05) is 6.07 Å². The second-order valence-corrected chi connectivity index (χ2v) is 5.09. The van der Waals surface area contributed by atoms with Gasteiger partial charge in [0.15, 0.2) is 0 Å². The van der Waals surface area contributed by atoms with Crippen molar-refractivity contribution in [1.29, 1.82) is 0 Å². The van der Waals surface area contributed by atoms with E-state index in [0.717, 1.165) is 16.5 Å². The van der Waals surface area contributed by atoms with Crippen LogP contribution in [0.15, 0.2) is 41.1 Å². The Bertz CT molecular complexity index is 840. The molecule has 3 aromatic rings. The van der Waals surface area contributed by atoms with Crippen LogP contribution < -0.4 is 4.74 Å². The SMILES string of the molecule is CCOC(=O)Cc1ccc(-c2c(OCC)oc3ncccc23)nc1. The fourth-order valence-electron chi connectivity index (χ4n) is 2.44. The van der Waals surface area contributed by atoms with Crippen molar-refractivity contribution in [3.63, 3.8) is 0 Å². The summed E-state index contributed by atoms with van der Waals surface area (Å²) in [4.78, 5) is 20.2. The molecule has 0 bridgehead atoms. The lowest BCUT2D eigenvalue weighted by Crippen LogP contribution is -2.07. The van der Waals surface area contributed by atoms with Gasteiger partial charge in [0.25, 0.3) is 5.95 Å². The maximum Gasteiger partial charge on any atom is 0.310 e. The summed E-state index contributed by atoms with van der Waals surface area (Å²) in [6, 6.07) is 7.45. The maximum atomic E-state index is 11.5. The fourth-order valence-corrected chi connectivity index (χ4v) is 2.44. The quantitative estimate of drug-likeness (QED) is 0.646. The first-order valence-electron chi connectivity index (χ1n) is 7.84. The minimum absolute atomic E-state index is 0.202. The Labute approximate surface area is 139 Å². The zero-order valence-corrected chi connectivity index (χ0v) is 13.6. The Kier molecular flexibility index (Phi) is 4.74. The van der Waals surface area contributed by atoms with Gasteiger partial charge in [-0.25, -0.2) is 4.98 Å². The van der Waals surface area contributed by atoms with Crippen LogP contribution in [0.2, 0.25) is 0 Å². The van der Waals surface area contributed by atoms with Gasteiger partial charge in [-0.3, -0.25) is 9.78 Å². The predicted molar refractivity (Wildman–Crippen MR) is 88.7 cm³/mol. The summed E-state index contributed by atoms with van der Waals surface area (Å²) < 4.78 is 16.2. The van der Waals surface area contributed by atoms with E-state index in [4.69, 9.17) is 13.9 Å². The lowest BCUT2D eigenvalue weighted by molar-refractivity contribution is -0.142. The van der Waals surface area contributed by atoms with Crippen LogP contribution in [0.4, 0.5) is 0 Å². The first-order chi connectivity index (χ1) is 11.7. The van der Waals surface area contributed by atoms with Gasteiger partial charge in [0.1, 0.15) is 0 Å². The van der Waals surface area contributed by atoms with Crippen LogP contribution in [0.1, 0.15) is 19.4 Å². The van der Waals surface area contributed by atoms with Gasteiger partial charge in [0.05, 0.1) is 36.3 Å². The van der Waals surface area contributed by atoms with Crippen molar-refractivity contribution in [3.8, 4) is 17.2 Å².